The Hall–Kier alpha value is -1.90. The number of carbonyl (C=O) groups is 1. The highest BCUT2D eigenvalue weighted by molar-refractivity contribution is 5.94. The second-order valence-electron chi connectivity index (χ2n) is 6.85. The largest absolute Gasteiger partial charge is 0.471 e. The highest BCUT2D eigenvalue weighted by atomic mass is 19.3. The summed E-state index contributed by atoms with van der Waals surface area (Å²) in [6, 6.07) is 2.57. The number of ether oxygens (including phenoxy) is 1. The van der Waals surface area contributed by atoms with Crippen LogP contribution in [0.3, 0.4) is 0 Å². The van der Waals surface area contributed by atoms with E-state index in [-0.39, 0.29) is 28.8 Å². The predicted octanol–water partition coefficient (Wildman–Crippen LogP) is 2.56. The van der Waals surface area contributed by atoms with Crippen molar-refractivity contribution in [2.75, 3.05) is 19.7 Å². The van der Waals surface area contributed by atoms with Crippen molar-refractivity contribution in [3.05, 3.63) is 23.9 Å². The molecule has 1 aliphatic heterocycles. The second-order valence-corrected chi connectivity index (χ2v) is 6.85. The molecule has 1 amide bonds. The predicted molar refractivity (Wildman–Crippen MR) is 83.0 cm³/mol. The van der Waals surface area contributed by atoms with Gasteiger partial charge in [0.1, 0.15) is 0 Å². The first kappa shape index (κ1) is 19.4. The molecular formula is C16H21F4N3O2. The van der Waals surface area contributed by atoms with Crippen molar-refractivity contribution in [3.8, 4) is 5.88 Å². The molecule has 0 radical (unpaired) electrons. The number of hydrogen-bond donors (Lipinski definition) is 1. The van der Waals surface area contributed by atoms with Gasteiger partial charge in [-0.1, -0.05) is 13.8 Å². The number of hydrogen-bond acceptors (Lipinski definition) is 4. The lowest BCUT2D eigenvalue weighted by molar-refractivity contribution is -0.148. The number of nitrogens with two attached hydrogens (primary N) is 1. The van der Waals surface area contributed by atoms with E-state index in [2.05, 4.69) is 9.72 Å². The number of halogens is 4. The van der Waals surface area contributed by atoms with Crippen molar-refractivity contribution in [3.63, 3.8) is 0 Å². The molecule has 1 fully saturated rings. The first-order valence-electron chi connectivity index (χ1n) is 7.82. The highest BCUT2D eigenvalue weighted by Gasteiger charge is 2.42. The van der Waals surface area contributed by atoms with E-state index in [0.717, 1.165) is 0 Å². The fourth-order valence-corrected chi connectivity index (χ4v) is 2.56. The van der Waals surface area contributed by atoms with E-state index in [4.69, 9.17) is 5.73 Å². The Balaban J connectivity index is 1.99. The molecule has 1 aromatic rings. The van der Waals surface area contributed by atoms with Crippen LogP contribution in [0.4, 0.5) is 17.6 Å². The molecule has 1 saturated heterocycles. The van der Waals surface area contributed by atoms with Gasteiger partial charge in [0.15, 0.2) is 6.61 Å². The number of aromatic nitrogens is 1. The Labute approximate surface area is 143 Å². The Bertz CT molecular complexity index is 608. The van der Waals surface area contributed by atoms with Gasteiger partial charge >= 0.3 is 12.3 Å². The minimum atomic E-state index is -4.26. The van der Waals surface area contributed by atoms with Crippen LogP contribution in [0.25, 0.3) is 0 Å². The van der Waals surface area contributed by atoms with Crippen molar-refractivity contribution >= 4 is 5.91 Å². The third kappa shape index (κ3) is 4.59. The van der Waals surface area contributed by atoms with Gasteiger partial charge in [0.25, 0.3) is 5.91 Å². The van der Waals surface area contributed by atoms with Gasteiger partial charge in [-0.3, -0.25) is 4.79 Å². The van der Waals surface area contributed by atoms with Crippen molar-refractivity contribution in [2.45, 2.75) is 38.7 Å². The third-order valence-corrected chi connectivity index (χ3v) is 4.31. The maximum absolute atomic E-state index is 12.8. The number of carbonyl (C=O) groups excluding carboxylic acids is 1. The third-order valence-electron chi connectivity index (χ3n) is 4.31. The number of amides is 1. The van der Waals surface area contributed by atoms with E-state index < -0.39 is 19.0 Å². The molecule has 1 aliphatic rings. The van der Waals surface area contributed by atoms with E-state index in [0.29, 0.717) is 19.5 Å². The molecule has 1 aromatic heterocycles. The van der Waals surface area contributed by atoms with Gasteiger partial charge < -0.3 is 15.4 Å². The van der Waals surface area contributed by atoms with Crippen LogP contribution in [0.1, 0.15) is 30.6 Å². The van der Waals surface area contributed by atoms with Crippen molar-refractivity contribution < 1.29 is 27.1 Å². The second kappa shape index (κ2) is 7.15. The first-order chi connectivity index (χ1) is 11.5. The van der Waals surface area contributed by atoms with Gasteiger partial charge in [-0.2, -0.15) is 8.78 Å². The standard InChI is InChI=1S/C16H21F4N3O2/c1-15(2)8-23(6-5-11(15)21)13(24)10-3-4-12(22-7-10)25-9-16(19,20)14(17)18/h3-4,7,11,14H,5-6,8-9,21H2,1-2H3. The van der Waals surface area contributed by atoms with Gasteiger partial charge in [-0.05, 0) is 17.9 Å². The Morgan fingerprint density at radius 1 is 1.48 bits per heavy atom. The molecule has 0 aliphatic carbocycles. The summed E-state index contributed by atoms with van der Waals surface area (Å²) >= 11 is 0. The molecule has 140 valence electrons. The van der Waals surface area contributed by atoms with Crippen LogP contribution < -0.4 is 10.5 Å². The van der Waals surface area contributed by atoms with Gasteiger partial charge in [0.05, 0.1) is 5.56 Å². The van der Waals surface area contributed by atoms with Gasteiger partial charge in [0.2, 0.25) is 5.88 Å². The molecule has 0 saturated carbocycles. The topological polar surface area (TPSA) is 68.5 Å². The minimum absolute atomic E-state index is 0.00181. The molecule has 2 rings (SSSR count). The first-order valence-corrected chi connectivity index (χ1v) is 7.82. The molecule has 0 aromatic carbocycles. The number of nitrogens with zero attached hydrogens (tertiary/aromatic N) is 2. The van der Waals surface area contributed by atoms with Crippen LogP contribution in [-0.2, 0) is 0 Å². The molecule has 25 heavy (non-hydrogen) atoms. The van der Waals surface area contributed by atoms with E-state index in [9.17, 15) is 22.4 Å². The number of rotatable bonds is 5. The Morgan fingerprint density at radius 2 is 2.16 bits per heavy atom. The van der Waals surface area contributed by atoms with Crippen LogP contribution in [0.15, 0.2) is 18.3 Å². The van der Waals surface area contributed by atoms with Gasteiger partial charge in [-0.15, -0.1) is 0 Å². The van der Waals surface area contributed by atoms with E-state index >= 15 is 0 Å². The normalized spacial score (nSPS) is 20.6. The monoisotopic (exact) mass is 363 g/mol. The van der Waals surface area contributed by atoms with Crippen LogP contribution in [0, 0.1) is 5.41 Å². The molecule has 1 unspecified atom stereocenters. The zero-order valence-corrected chi connectivity index (χ0v) is 14.0. The fraction of sp³-hybridized carbons (Fsp3) is 0.625. The lowest BCUT2D eigenvalue weighted by Crippen LogP contribution is -2.54. The summed E-state index contributed by atoms with van der Waals surface area (Å²) in [5, 5.41) is 0. The number of piperidine rings is 1. The summed E-state index contributed by atoms with van der Waals surface area (Å²) in [6.07, 6.45) is -1.96. The molecule has 5 nitrogen and oxygen atoms in total. The smallest absolute Gasteiger partial charge is 0.340 e. The quantitative estimate of drug-likeness (QED) is 0.817. The summed E-state index contributed by atoms with van der Waals surface area (Å²) in [4.78, 5) is 17.9. The van der Waals surface area contributed by atoms with E-state index in [1.807, 2.05) is 13.8 Å². The fourth-order valence-electron chi connectivity index (χ4n) is 2.56. The molecule has 0 bridgehead atoms. The SMILES string of the molecule is CC1(C)CN(C(=O)c2ccc(OCC(F)(F)C(F)F)nc2)CCC1N. The van der Waals surface area contributed by atoms with Gasteiger partial charge in [-0.25, -0.2) is 13.8 Å². The number of likely N-dealkylation sites (tertiary alicyclic amines) is 1. The number of alkyl halides is 4. The molecular weight excluding hydrogens is 342 g/mol. The average molecular weight is 363 g/mol. The lowest BCUT2D eigenvalue weighted by Gasteiger charge is -2.42. The van der Waals surface area contributed by atoms with Crippen molar-refractivity contribution in [1.29, 1.82) is 0 Å². The molecule has 2 heterocycles. The van der Waals surface area contributed by atoms with E-state index in [1.165, 1.54) is 18.3 Å². The van der Waals surface area contributed by atoms with Crippen LogP contribution in [0.2, 0.25) is 0 Å². The van der Waals surface area contributed by atoms with E-state index in [1.54, 1.807) is 4.90 Å². The minimum Gasteiger partial charge on any atom is -0.471 e. The van der Waals surface area contributed by atoms with Crippen LogP contribution >= 0.6 is 0 Å². The molecule has 0 spiro atoms. The summed E-state index contributed by atoms with van der Waals surface area (Å²) in [5.41, 5.74) is 6.09. The highest BCUT2D eigenvalue weighted by Crippen LogP contribution is 2.29. The molecule has 2 N–H and O–H groups in total. The summed E-state index contributed by atoms with van der Waals surface area (Å²) in [7, 11) is 0. The molecule has 9 heteroatoms. The van der Waals surface area contributed by atoms with Crippen molar-refractivity contribution in [1.82, 2.24) is 9.88 Å². The Kier molecular flexibility index (Phi) is 5.55. The Morgan fingerprint density at radius 3 is 2.68 bits per heavy atom. The number of pyridine rings is 1. The molecule has 1 atom stereocenters. The van der Waals surface area contributed by atoms with Gasteiger partial charge in [0, 0.05) is 31.4 Å². The summed E-state index contributed by atoms with van der Waals surface area (Å²) in [6.45, 7) is 3.49. The van der Waals surface area contributed by atoms with Crippen LogP contribution in [0.5, 0.6) is 5.88 Å². The summed E-state index contributed by atoms with van der Waals surface area (Å²) in [5.74, 6) is -4.76. The zero-order valence-electron chi connectivity index (χ0n) is 14.0. The lowest BCUT2D eigenvalue weighted by atomic mass is 9.79. The zero-order chi connectivity index (χ0) is 18.8. The maximum Gasteiger partial charge on any atom is 0.340 e. The average Bonchev–Trinajstić information content (AvgIpc) is 2.55. The van der Waals surface area contributed by atoms with Crippen LogP contribution in [-0.4, -0.2) is 53.9 Å². The maximum atomic E-state index is 12.8. The van der Waals surface area contributed by atoms with Crippen molar-refractivity contribution in [2.24, 2.45) is 11.1 Å². The summed E-state index contributed by atoms with van der Waals surface area (Å²) < 4.78 is 54.3.